The van der Waals surface area contributed by atoms with E-state index in [2.05, 4.69) is 5.32 Å². The fraction of sp³-hybridized carbons (Fsp3) is 0.857. The summed E-state index contributed by atoms with van der Waals surface area (Å²) in [6, 6.07) is -0.423. The highest BCUT2D eigenvalue weighted by atomic mass is 16.2. The Kier molecular flexibility index (Phi) is 5.90. The van der Waals surface area contributed by atoms with Crippen LogP contribution in [0.3, 0.4) is 0 Å². The number of nitrogens with two attached hydrogens (primary N) is 1. The van der Waals surface area contributed by atoms with E-state index in [1.165, 1.54) is 25.7 Å². The Morgan fingerprint density at radius 3 is 2.29 bits per heavy atom. The minimum atomic E-state index is -0.309. The number of carbonyl (C=O) groups excluding carboxylic acids is 3. The zero-order valence-electron chi connectivity index (χ0n) is 16.8. The summed E-state index contributed by atoms with van der Waals surface area (Å²) in [6.07, 6.45) is 8.60. The zero-order valence-corrected chi connectivity index (χ0v) is 16.8. The molecule has 7 heteroatoms. The zero-order chi connectivity index (χ0) is 19.7. The molecule has 0 bridgehead atoms. The second kappa shape index (κ2) is 8.39. The molecule has 156 valence electrons. The molecule has 2 aliphatic carbocycles. The third-order valence-corrected chi connectivity index (χ3v) is 6.92. The molecule has 4 rings (SSSR count). The Labute approximate surface area is 167 Å². The average Bonchev–Trinajstić information content (AvgIpc) is 3.58. The number of rotatable bonds is 8. The number of likely N-dealkylation sites (tertiary alicyclic amines) is 1. The summed E-state index contributed by atoms with van der Waals surface area (Å²) in [5, 5.41) is 3.38. The maximum atomic E-state index is 13.4. The van der Waals surface area contributed by atoms with E-state index in [1.807, 2.05) is 9.80 Å². The fourth-order valence-corrected chi connectivity index (χ4v) is 4.82. The normalized spacial score (nSPS) is 27.7. The van der Waals surface area contributed by atoms with E-state index in [4.69, 9.17) is 5.73 Å². The van der Waals surface area contributed by atoms with Gasteiger partial charge in [-0.05, 0) is 43.4 Å². The highest BCUT2D eigenvalue weighted by Gasteiger charge is 2.42. The molecule has 28 heavy (non-hydrogen) atoms. The van der Waals surface area contributed by atoms with Crippen LogP contribution in [0.2, 0.25) is 0 Å². The monoisotopic (exact) mass is 390 g/mol. The van der Waals surface area contributed by atoms with E-state index in [1.54, 1.807) is 0 Å². The van der Waals surface area contributed by atoms with E-state index in [9.17, 15) is 14.4 Å². The topological polar surface area (TPSA) is 95.7 Å². The summed E-state index contributed by atoms with van der Waals surface area (Å²) in [7, 11) is 0. The van der Waals surface area contributed by atoms with E-state index in [0.29, 0.717) is 37.9 Å². The maximum absolute atomic E-state index is 13.4. The Morgan fingerprint density at radius 2 is 1.68 bits per heavy atom. The van der Waals surface area contributed by atoms with Gasteiger partial charge in [0.25, 0.3) is 0 Å². The van der Waals surface area contributed by atoms with Crippen molar-refractivity contribution >= 4 is 17.7 Å². The van der Waals surface area contributed by atoms with Gasteiger partial charge >= 0.3 is 0 Å². The molecular weight excluding hydrogens is 356 g/mol. The molecule has 2 unspecified atom stereocenters. The predicted octanol–water partition coefficient (Wildman–Crippen LogP) is 0.870. The van der Waals surface area contributed by atoms with Crippen molar-refractivity contribution in [1.82, 2.24) is 15.1 Å². The van der Waals surface area contributed by atoms with Crippen LogP contribution in [-0.4, -0.2) is 65.8 Å². The molecule has 0 spiro atoms. The Bertz CT molecular complexity index is 609. The molecule has 0 aromatic rings. The summed E-state index contributed by atoms with van der Waals surface area (Å²) in [6.45, 7) is 2.74. The van der Waals surface area contributed by atoms with Crippen LogP contribution in [0, 0.1) is 17.8 Å². The first-order valence-corrected chi connectivity index (χ1v) is 11.1. The number of piperidine rings is 1. The number of nitrogens with one attached hydrogen (secondary N) is 1. The van der Waals surface area contributed by atoms with Gasteiger partial charge in [0.1, 0.15) is 6.04 Å². The molecule has 2 atom stereocenters. The van der Waals surface area contributed by atoms with Gasteiger partial charge in [-0.25, -0.2) is 0 Å². The van der Waals surface area contributed by atoms with Gasteiger partial charge in [0, 0.05) is 32.6 Å². The molecule has 0 aromatic carbocycles. The molecule has 2 saturated carbocycles. The first kappa shape index (κ1) is 19.7. The summed E-state index contributed by atoms with van der Waals surface area (Å²) < 4.78 is 0. The molecule has 0 radical (unpaired) electrons. The molecule has 2 aliphatic heterocycles. The minimum Gasteiger partial charge on any atom is -0.370 e. The van der Waals surface area contributed by atoms with Crippen molar-refractivity contribution in [2.24, 2.45) is 23.5 Å². The van der Waals surface area contributed by atoms with Crippen molar-refractivity contribution in [1.29, 1.82) is 0 Å². The number of nitrogens with zero attached hydrogens (tertiary/aromatic N) is 2. The standard InChI is InChI=1S/C21H34N4O3/c22-19(26)13-16-5-8-24(9-6-16)21(28)18(12-15-3-4-15)25-10-7-23-17(20(25)27)11-14-1-2-14/h14-18,23H,1-13H2,(H2,22,26). The Hall–Kier alpha value is -1.63. The largest absolute Gasteiger partial charge is 0.370 e. The highest BCUT2D eigenvalue weighted by molar-refractivity contribution is 5.90. The Balaban J connectivity index is 1.39. The van der Waals surface area contributed by atoms with Crippen LogP contribution in [0.1, 0.15) is 57.8 Å². The third kappa shape index (κ3) is 4.85. The maximum Gasteiger partial charge on any atom is 0.245 e. The van der Waals surface area contributed by atoms with Crippen LogP contribution < -0.4 is 11.1 Å². The molecule has 3 N–H and O–H groups in total. The van der Waals surface area contributed by atoms with Crippen LogP contribution in [0.5, 0.6) is 0 Å². The molecule has 0 aromatic heterocycles. The summed E-state index contributed by atoms with van der Waals surface area (Å²) in [4.78, 5) is 41.5. The van der Waals surface area contributed by atoms with Gasteiger partial charge in [-0.15, -0.1) is 0 Å². The molecule has 3 amide bonds. The van der Waals surface area contributed by atoms with Crippen LogP contribution in [-0.2, 0) is 14.4 Å². The van der Waals surface area contributed by atoms with Gasteiger partial charge < -0.3 is 20.9 Å². The predicted molar refractivity (Wildman–Crippen MR) is 105 cm³/mol. The number of primary amides is 1. The molecule has 2 heterocycles. The van der Waals surface area contributed by atoms with Gasteiger partial charge in [-0.2, -0.15) is 0 Å². The number of amides is 3. The van der Waals surface area contributed by atoms with E-state index in [0.717, 1.165) is 32.2 Å². The molecule has 2 saturated heterocycles. The van der Waals surface area contributed by atoms with Crippen molar-refractivity contribution in [3.8, 4) is 0 Å². The van der Waals surface area contributed by atoms with Gasteiger partial charge in [0.2, 0.25) is 17.7 Å². The fourth-order valence-electron chi connectivity index (χ4n) is 4.82. The highest BCUT2D eigenvalue weighted by Crippen LogP contribution is 2.37. The quantitative estimate of drug-likeness (QED) is 0.643. The Morgan fingerprint density at radius 1 is 1.00 bits per heavy atom. The second-order valence-corrected chi connectivity index (χ2v) is 9.35. The van der Waals surface area contributed by atoms with Crippen molar-refractivity contribution in [2.45, 2.75) is 69.9 Å². The van der Waals surface area contributed by atoms with Gasteiger partial charge in [0.05, 0.1) is 6.04 Å². The lowest BCUT2D eigenvalue weighted by Crippen LogP contribution is -2.62. The number of hydrogen-bond acceptors (Lipinski definition) is 4. The molecule has 4 fully saturated rings. The number of carbonyl (C=O) groups is 3. The van der Waals surface area contributed by atoms with Crippen LogP contribution in [0.15, 0.2) is 0 Å². The molecule has 7 nitrogen and oxygen atoms in total. The van der Waals surface area contributed by atoms with Crippen LogP contribution in [0.4, 0.5) is 0 Å². The molecular formula is C21H34N4O3. The molecule has 4 aliphatic rings. The van der Waals surface area contributed by atoms with Crippen molar-refractivity contribution in [2.75, 3.05) is 26.2 Å². The van der Waals surface area contributed by atoms with E-state index >= 15 is 0 Å². The smallest absolute Gasteiger partial charge is 0.245 e. The lowest BCUT2D eigenvalue weighted by atomic mass is 9.92. The van der Waals surface area contributed by atoms with E-state index in [-0.39, 0.29) is 35.7 Å². The second-order valence-electron chi connectivity index (χ2n) is 9.35. The lowest BCUT2D eigenvalue weighted by molar-refractivity contribution is -0.150. The summed E-state index contributed by atoms with van der Waals surface area (Å²) in [5.74, 6) is 1.54. The lowest BCUT2D eigenvalue weighted by Gasteiger charge is -2.41. The van der Waals surface area contributed by atoms with Crippen molar-refractivity contribution in [3.63, 3.8) is 0 Å². The van der Waals surface area contributed by atoms with Crippen LogP contribution in [0.25, 0.3) is 0 Å². The average molecular weight is 391 g/mol. The van der Waals surface area contributed by atoms with E-state index < -0.39 is 0 Å². The SMILES string of the molecule is NC(=O)CC1CCN(C(=O)C(CC2CC2)N2CCNC(CC3CC3)C2=O)CC1. The number of piperazine rings is 1. The summed E-state index contributed by atoms with van der Waals surface area (Å²) >= 11 is 0. The first-order valence-electron chi connectivity index (χ1n) is 11.1. The first-order chi connectivity index (χ1) is 13.5. The van der Waals surface area contributed by atoms with Gasteiger partial charge in [-0.3, -0.25) is 14.4 Å². The van der Waals surface area contributed by atoms with Crippen LogP contribution >= 0.6 is 0 Å². The minimum absolute atomic E-state index is 0.114. The van der Waals surface area contributed by atoms with Gasteiger partial charge in [-0.1, -0.05) is 25.7 Å². The summed E-state index contributed by atoms with van der Waals surface area (Å²) in [5.41, 5.74) is 5.32. The van der Waals surface area contributed by atoms with Gasteiger partial charge in [0.15, 0.2) is 0 Å². The number of hydrogen-bond donors (Lipinski definition) is 2. The van der Waals surface area contributed by atoms with Crippen molar-refractivity contribution < 1.29 is 14.4 Å². The third-order valence-electron chi connectivity index (χ3n) is 6.92. The van der Waals surface area contributed by atoms with Crippen molar-refractivity contribution in [3.05, 3.63) is 0 Å².